The van der Waals surface area contributed by atoms with Crippen molar-refractivity contribution in [1.82, 2.24) is 4.90 Å². The van der Waals surface area contributed by atoms with Crippen molar-refractivity contribution < 1.29 is 13.2 Å². The Labute approximate surface area is 119 Å². The van der Waals surface area contributed by atoms with Crippen molar-refractivity contribution in [2.75, 3.05) is 18.0 Å². The maximum absolute atomic E-state index is 12.3. The molecule has 110 valence electrons. The first kappa shape index (κ1) is 14.8. The van der Waals surface area contributed by atoms with Crippen LogP contribution in [0.4, 0.5) is 5.69 Å². The second-order valence-corrected chi connectivity index (χ2v) is 7.80. The summed E-state index contributed by atoms with van der Waals surface area (Å²) in [6.45, 7) is 3.74. The zero-order valence-electron chi connectivity index (χ0n) is 11.7. The number of rotatable bonds is 2. The molecule has 1 fully saturated rings. The smallest absolute Gasteiger partial charge is 0.227 e. The van der Waals surface area contributed by atoms with E-state index in [-0.39, 0.29) is 30.7 Å². The van der Waals surface area contributed by atoms with Crippen LogP contribution in [0.2, 0.25) is 0 Å². The minimum absolute atomic E-state index is 0.0379. The molecule has 1 aromatic rings. The van der Waals surface area contributed by atoms with E-state index in [0.29, 0.717) is 5.69 Å². The van der Waals surface area contributed by atoms with Gasteiger partial charge >= 0.3 is 0 Å². The lowest BCUT2D eigenvalue weighted by Crippen LogP contribution is -2.54. The number of hydrogen-bond donors (Lipinski definition) is 1. The molecule has 0 aromatic heterocycles. The monoisotopic (exact) mass is 296 g/mol. The van der Waals surface area contributed by atoms with Crippen molar-refractivity contribution >= 4 is 21.4 Å². The van der Waals surface area contributed by atoms with Gasteiger partial charge in [0.15, 0.2) is 9.84 Å². The van der Waals surface area contributed by atoms with Crippen LogP contribution in [-0.4, -0.2) is 42.8 Å². The average Bonchev–Trinajstić information content (AvgIpc) is 2.39. The summed E-state index contributed by atoms with van der Waals surface area (Å²) in [6, 6.07) is 6.88. The Balaban J connectivity index is 2.08. The first-order chi connectivity index (χ1) is 9.31. The summed E-state index contributed by atoms with van der Waals surface area (Å²) in [6.07, 6.45) is 0.275. The van der Waals surface area contributed by atoms with Gasteiger partial charge in [-0.15, -0.1) is 0 Å². The maximum Gasteiger partial charge on any atom is 0.227 e. The molecule has 0 aliphatic carbocycles. The number of sulfone groups is 1. The molecule has 20 heavy (non-hydrogen) atoms. The number of nitrogen functional groups attached to an aromatic ring is 1. The Bertz CT molecular complexity index is 595. The molecule has 0 bridgehead atoms. The van der Waals surface area contributed by atoms with Gasteiger partial charge in [-0.1, -0.05) is 12.1 Å². The summed E-state index contributed by atoms with van der Waals surface area (Å²) in [5.74, 6) is 0.00966. The Morgan fingerprint density at radius 3 is 2.50 bits per heavy atom. The van der Waals surface area contributed by atoms with Gasteiger partial charge in [0.25, 0.3) is 0 Å². The van der Waals surface area contributed by atoms with E-state index in [4.69, 9.17) is 5.73 Å². The minimum Gasteiger partial charge on any atom is -0.399 e. The molecule has 1 aliphatic heterocycles. The number of carbonyl (C=O) groups is 1. The number of nitrogens with zero attached hydrogens (tertiary/aromatic N) is 1. The summed E-state index contributed by atoms with van der Waals surface area (Å²) in [5.41, 5.74) is 7.15. The lowest BCUT2D eigenvalue weighted by Gasteiger charge is -2.37. The van der Waals surface area contributed by atoms with Crippen molar-refractivity contribution in [3.63, 3.8) is 0 Å². The normalized spacial score (nSPS) is 25.4. The standard InChI is InChI=1S/C14H20N2O3S/c1-10-11(2)20(18,19)8-7-16(10)14(17)9-12-3-5-13(15)6-4-12/h3-6,10-11H,7-9,15H2,1-2H3. The highest BCUT2D eigenvalue weighted by Gasteiger charge is 2.37. The van der Waals surface area contributed by atoms with E-state index in [1.165, 1.54) is 0 Å². The van der Waals surface area contributed by atoms with Crippen LogP contribution >= 0.6 is 0 Å². The molecule has 2 atom stereocenters. The summed E-state index contributed by atoms with van der Waals surface area (Å²) < 4.78 is 23.6. The molecule has 6 heteroatoms. The highest BCUT2D eigenvalue weighted by molar-refractivity contribution is 7.92. The van der Waals surface area contributed by atoms with E-state index in [2.05, 4.69) is 0 Å². The summed E-state index contributed by atoms with van der Waals surface area (Å²) in [4.78, 5) is 14.0. The van der Waals surface area contributed by atoms with E-state index in [1.807, 2.05) is 12.1 Å². The second-order valence-electron chi connectivity index (χ2n) is 5.32. The van der Waals surface area contributed by atoms with Gasteiger partial charge in [-0.05, 0) is 31.5 Å². The highest BCUT2D eigenvalue weighted by Crippen LogP contribution is 2.20. The summed E-state index contributed by atoms with van der Waals surface area (Å²) in [7, 11) is -3.07. The molecule has 2 rings (SSSR count). The number of anilines is 1. The van der Waals surface area contributed by atoms with Crippen LogP contribution in [0.5, 0.6) is 0 Å². The molecule has 2 unspecified atom stereocenters. The Morgan fingerprint density at radius 2 is 1.90 bits per heavy atom. The third-order valence-electron chi connectivity index (χ3n) is 4.01. The molecule has 1 aliphatic rings. The Kier molecular flexibility index (Phi) is 4.04. The van der Waals surface area contributed by atoms with E-state index >= 15 is 0 Å². The molecule has 2 N–H and O–H groups in total. The second kappa shape index (κ2) is 5.44. The molecule has 0 spiro atoms. The summed E-state index contributed by atoms with van der Waals surface area (Å²) >= 11 is 0. The van der Waals surface area contributed by atoms with E-state index in [0.717, 1.165) is 5.56 Å². The summed E-state index contributed by atoms with van der Waals surface area (Å²) in [5, 5.41) is -0.508. The molecule has 0 saturated carbocycles. The van der Waals surface area contributed by atoms with Gasteiger partial charge in [-0.25, -0.2) is 8.42 Å². The number of amides is 1. The first-order valence-electron chi connectivity index (χ1n) is 6.67. The van der Waals surface area contributed by atoms with Crippen LogP contribution in [0, 0.1) is 0 Å². The van der Waals surface area contributed by atoms with Crippen LogP contribution in [0.3, 0.4) is 0 Å². The van der Waals surface area contributed by atoms with E-state index in [1.54, 1.807) is 30.9 Å². The van der Waals surface area contributed by atoms with E-state index < -0.39 is 15.1 Å². The third-order valence-corrected chi connectivity index (χ3v) is 6.29. The highest BCUT2D eigenvalue weighted by atomic mass is 32.2. The molecule has 1 amide bonds. The predicted molar refractivity (Wildman–Crippen MR) is 79.0 cm³/mol. The zero-order chi connectivity index (χ0) is 14.9. The quantitative estimate of drug-likeness (QED) is 0.820. The topological polar surface area (TPSA) is 80.5 Å². The molecule has 0 radical (unpaired) electrons. The SMILES string of the molecule is CC1C(C)S(=O)(=O)CCN1C(=O)Cc1ccc(N)cc1. The lowest BCUT2D eigenvalue weighted by molar-refractivity contribution is -0.132. The average molecular weight is 296 g/mol. The number of benzene rings is 1. The van der Waals surface area contributed by atoms with Gasteiger partial charge in [0.2, 0.25) is 5.91 Å². The van der Waals surface area contributed by atoms with Crippen LogP contribution in [-0.2, 0) is 21.1 Å². The largest absolute Gasteiger partial charge is 0.399 e. The molecular weight excluding hydrogens is 276 g/mol. The number of hydrogen-bond acceptors (Lipinski definition) is 4. The van der Waals surface area contributed by atoms with Crippen LogP contribution in [0.25, 0.3) is 0 Å². The zero-order valence-corrected chi connectivity index (χ0v) is 12.6. The Morgan fingerprint density at radius 1 is 1.30 bits per heavy atom. The maximum atomic E-state index is 12.3. The fourth-order valence-electron chi connectivity index (χ4n) is 2.43. The fraction of sp³-hybridized carbons (Fsp3) is 0.500. The number of carbonyl (C=O) groups excluding carboxylic acids is 1. The predicted octanol–water partition coefficient (Wildman–Crippen LogP) is 0.845. The molecule has 1 aromatic carbocycles. The fourth-order valence-corrected chi connectivity index (χ4v) is 4.00. The van der Waals surface area contributed by atoms with Gasteiger partial charge in [0.05, 0.1) is 17.4 Å². The van der Waals surface area contributed by atoms with Crippen LogP contribution in [0.1, 0.15) is 19.4 Å². The van der Waals surface area contributed by atoms with Gasteiger partial charge in [0.1, 0.15) is 0 Å². The van der Waals surface area contributed by atoms with Crippen molar-refractivity contribution in [1.29, 1.82) is 0 Å². The lowest BCUT2D eigenvalue weighted by atomic mass is 10.1. The minimum atomic E-state index is -3.07. The molecule has 1 saturated heterocycles. The van der Waals surface area contributed by atoms with Gasteiger partial charge < -0.3 is 10.6 Å². The van der Waals surface area contributed by atoms with E-state index in [9.17, 15) is 13.2 Å². The van der Waals surface area contributed by atoms with Crippen molar-refractivity contribution in [3.05, 3.63) is 29.8 Å². The molecule has 5 nitrogen and oxygen atoms in total. The van der Waals surface area contributed by atoms with Crippen molar-refractivity contribution in [3.8, 4) is 0 Å². The third kappa shape index (κ3) is 2.95. The molecule has 1 heterocycles. The van der Waals surface area contributed by atoms with Crippen LogP contribution < -0.4 is 5.73 Å². The number of nitrogens with two attached hydrogens (primary N) is 1. The van der Waals surface area contributed by atoms with Crippen molar-refractivity contribution in [2.24, 2.45) is 0 Å². The van der Waals surface area contributed by atoms with Gasteiger partial charge in [0, 0.05) is 18.3 Å². The Hall–Kier alpha value is -1.56. The first-order valence-corrected chi connectivity index (χ1v) is 8.38. The van der Waals surface area contributed by atoms with Gasteiger partial charge in [-0.3, -0.25) is 4.79 Å². The molecular formula is C14H20N2O3S. The van der Waals surface area contributed by atoms with Crippen molar-refractivity contribution in [2.45, 2.75) is 31.6 Å². The van der Waals surface area contributed by atoms with Gasteiger partial charge in [-0.2, -0.15) is 0 Å². The van der Waals surface area contributed by atoms with Crippen LogP contribution in [0.15, 0.2) is 24.3 Å².